The van der Waals surface area contributed by atoms with E-state index in [1.54, 1.807) is 0 Å². The van der Waals surface area contributed by atoms with Gasteiger partial charge in [0.1, 0.15) is 11.9 Å². The first-order chi connectivity index (χ1) is 8.00. The van der Waals surface area contributed by atoms with E-state index in [2.05, 4.69) is 9.97 Å². The lowest BCUT2D eigenvalue weighted by Gasteiger charge is -2.24. The van der Waals surface area contributed by atoms with Crippen LogP contribution in [-0.4, -0.2) is 22.2 Å². The minimum Gasteiger partial charge on any atom is -0.476 e. The quantitative estimate of drug-likeness (QED) is 0.825. The van der Waals surface area contributed by atoms with Gasteiger partial charge in [-0.3, -0.25) is 0 Å². The molecule has 2 N–H and O–H groups in total. The first-order valence-corrected chi connectivity index (χ1v) is 5.92. The number of ether oxygens (including phenoxy) is 2. The number of nitrogen functional groups attached to an aromatic ring is 1. The highest BCUT2D eigenvalue weighted by atomic mass is 16.5. The van der Waals surface area contributed by atoms with Crippen LogP contribution in [0.3, 0.4) is 0 Å². The molecule has 0 aromatic carbocycles. The molecule has 17 heavy (non-hydrogen) atoms. The van der Waals surface area contributed by atoms with Crippen molar-refractivity contribution in [2.45, 2.75) is 46.1 Å². The molecule has 0 aliphatic rings. The third-order valence-corrected chi connectivity index (χ3v) is 2.48. The molecule has 0 saturated heterocycles. The van der Waals surface area contributed by atoms with E-state index in [0.717, 1.165) is 12.8 Å². The molecule has 0 fully saturated rings. The first-order valence-electron chi connectivity index (χ1n) is 5.92. The van der Waals surface area contributed by atoms with Crippen molar-refractivity contribution >= 4 is 5.69 Å². The summed E-state index contributed by atoms with van der Waals surface area (Å²) in [5.74, 6) is 0.779. The van der Waals surface area contributed by atoms with Crippen LogP contribution in [0.4, 0.5) is 5.69 Å². The summed E-state index contributed by atoms with van der Waals surface area (Å²) in [5.41, 5.74) is 5.97. The Morgan fingerprint density at radius 1 is 1.24 bits per heavy atom. The molecule has 0 bridgehead atoms. The van der Waals surface area contributed by atoms with Gasteiger partial charge in [-0.05, 0) is 26.7 Å². The molecule has 5 nitrogen and oxygen atoms in total. The predicted octanol–water partition coefficient (Wildman–Crippen LogP) is 2.42. The van der Waals surface area contributed by atoms with Gasteiger partial charge in [0.25, 0.3) is 0 Å². The topological polar surface area (TPSA) is 70.3 Å². The summed E-state index contributed by atoms with van der Waals surface area (Å²) in [5, 5.41) is 0. The molecular formula is C12H21N3O2. The number of hydrogen-bond acceptors (Lipinski definition) is 5. The smallest absolute Gasteiger partial charge is 0.244 e. The summed E-state index contributed by atoms with van der Waals surface area (Å²) in [6, 6.07) is 0. The molecule has 0 atom stereocenters. The summed E-state index contributed by atoms with van der Waals surface area (Å²) in [6.07, 6.45) is 3.17. The number of nitrogens with zero attached hydrogens (tertiary/aromatic N) is 2. The van der Waals surface area contributed by atoms with E-state index in [4.69, 9.17) is 15.2 Å². The summed E-state index contributed by atoms with van der Waals surface area (Å²) >= 11 is 0. The lowest BCUT2D eigenvalue weighted by molar-refractivity contribution is 0.0993. The van der Waals surface area contributed by atoms with Crippen LogP contribution in [0.15, 0.2) is 6.33 Å². The maximum absolute atomic E-state index is 5.91. The lowest BCUT2D eigenvalue weighted by atomic mass is 10.1. The van der Waals surface area contributed by atoms with Crippen LogP contribution in [-0.2, 0) is 0 Å². The lowest BCUT2D eigenvalue weighted by Crippen LogP contribution is -2.27. The van der Waals surface area contributed by atoms with Gasteiger partial charge in [-0.2, -0.15) is 9.97 Å². The number of nitrogens with two attached hydrogens (primary N) is 1. The van der Waals surface area contributed by atoms with Gasteiger partial charge in [0.15, 0.2) is 5.69 Å². The molecule has 96 valence electrons. The van der Waals surface area contributed by atoms with Crippen molar-refractivity contribution in [2.75, 3.05) is 12.3 Å². The van der Waals surface area contributed by atoms with Gasteiger partial charge in [-0.15, -0.1) is 0 Å². The molecule has 1 aromatic rings. The summed E-state index contributed by atoms with van der Waals surface area (Å²) in [6.45, 7) is 8.63. The summed E-state index contributed by atoms with van der Waals surface area (Å²) in [7, 11) is 0. The van der Waals surface area contributed by atoms with Gasteiger partial charge < -0.3 is 15.2 Å². The van der Waals surface area contributed by atoms with Crippen molar-refractivity contribution < 1.29 is 9.47 Å². The SMILES string of the molecule is CCCOc1ncnc(OC(C)(C)CC)c1N. The van der Waals surface area contributed by atoms with Crippen molar-refractivity contribution in [1.82, 2.24) is 9.97 Å². The van der Waals surface area contributed by atoms with Crippen molar-refractivity contribution in [3.63, 3.8) is 0 Å². The van der Waals surface area contributed by atoms with Gasteiger partial charge in [0.2, 0.25) is 11.8 Å². The summed E-state index contributed by atoms with van der Waals surface area (Å²) in [4.78, 5) is 8.04. The van der Waals surface area contributed by atoms with Crippen molar-refractivity contribution in [3.8, 4) is 11.8 Å². The Morgan fingerprint density at radius 3 is 2.47 bits per heavy atom. The Hall–Kier alpha value is -1.52. The monoisotopic (exact) mass is 239 g/mol. The largest absolute Gasteiger partial charge is 0.476 e. The van der Waals surface area contributed by atoms with Gasteiger partial charge in [-0.25, -0.2) is 0 Å². The second kappa shape index (κ2) is 5.70. The van der Waals surface area contributed by atoms with E-state index in [1.807, 2.05) is 27.7 Å². The normalized spacial score (nSPS) is 11.3. The van der Waals surface area contributed by atoms with Crippen molar-refractivity contribution in [1.29, 1.82) is 0 Å². The van der Waals surface area contributed by atoms with E-state index in [9.17, 15) is 0 Å². The highest BCUT2D eigenvalue weighted by Crippen LogP contribution is 2.30. The Morgan fingerprint density at radius 2 is 1.88 bits per heavy atom. The maximum atomic E-state index is 5.91. The van der Waals surface area contributed by atoms with Crippen LogP contribution < -0.4 is 15.2 Å². The minimum atomic E-state index is -0.301. The van der Waals surface area contributed by atoms with E-state index >= 15 is 0 Å². The standard InChI is InChI=1S/C12H21N3O2/c1-5-7-16-10-9(13)11(15-8-14-10)17-12(3,4)6-2/h8H,5-7,13H2,1-4H3. The molecule has 0 amide bonds. The Labute approximate surface area is 102 Å². The van der Waals surface area contributed by atoms with Crippen LogP contribution in [0.2, 0.25) is 0 Å². The van der Waals surface area contributed by atoms with Crippen LogP contribution in [0.5, 0.6) is 11.8 Å². The van der Waals surface area contributed by atoms with Crippen molar-refractivity contribution in [2.24, 2.45) is 0 Å². The molecule has 0 saturated carbocycles. The second-order valence-corrected chi connectivity index (χ2v) is 4.46. The zero-order chi connectivity index (χ0) is 12.9. The van der Waals surface area contributed by atoms with Gasteiger partial charge in [0, 0.05) is 0 Å². The molecule has 0 aliphatic heterocycles. The van der Waals surface area contributed by atoms with E-state index < -0.39 is 0 Å². The zero-order valence-electron chi connectivity index (χ0n) is 11.0. The third kappa shape index (κ3) is 3.76. The second-order valence-electron chi connectivity index (χ2n) is 4.46. The molecule has 0 radical (unpaired) electrons. The number of aromatic nitrogens is 2. The molecule has 0 unspecified atom stereocenters. The van der Waals surface area contributed by atoms with Gasteiger partial charge in [-0.1, -0.05) is 13.8 Å². The molecule has 0 spiro atoms. The molecule has 1 rings (SSSR count). The third-order valence-electron chi connectivity index (χ3n) is 2.48. The molecule has 0 aliphatic carbocycles. The average molecular weight is 239 g/mol. The fraction of sp³-hybridized carbons (Fsp3) is 0.667. The van der Waals surface area contributed by atoms with Crippen LogP contribution in [0.25, 0.3) is 0 Å². The number of hydrogen-bond donors (Lipinski definition) is 1. The van der Waals surface area contributed by atoms with E-state index in [0.29, 0.717) is 24.1 Å². The average Bonchev–Trinajstić information content (AvgIpc) is 2.30. The minimum absolute atomic E-state index is 0.301. The molecule has 1 heterocycles. The maximum Gasteiger partial charge on any atom is 0.244 e. The Balaban J connectivity index is 2.86. The van der Waals surface area contributed by atoms with E-state index in [-0.39, 0.29) is 5.60 Å². The molecule has 1 aromatic heterocycles. The Kier molecular flexibility index (Phi) is 4.54. The van der Waals surface area contributed by atoms with Gasteiger partial charge >= 0.3 is 0 Å². The van der Waals surface area contributed by atoms with Gasteiger partial charge in [0.05, 0.1) is 6.61 Å². The van der Waals surface area contributed by atoms with E-state index in [1.165, 1.54) is 6.33 Å². The Bertz CT molecular complexity index is 367. The fourth-order valence-corrected chi connectivity index (χ4v) is 1.09. The van der Waals surface area contributed by atoms with Crippen molar-refractivity contribution in [3.05, 3.63) is 6.33 Å². The number of rotatable bonds is 6. The predicted molar refractivity (Wildman–Crippen MR) is 67.2 cm³/mol. The van der Waals surface area contributed by atoms with Crippen LogP contribution >= 0.6 is 0 Å². The van der Waals surface area contributed by atoms with Crippen LogP contribution in [0, 0.1) is 0 Å². The first kappa shape index (κ1) is 13.5. The van der Waals surface area contributed by atoms with Crippen LogP contribution in [0.1, 0.15) is 40.5 Å². The number of anilines is 1. The fourth-order valence-electron chi connectivity index (χ4n) is 1.09. The molecular weight excluding hydrogens is 218 g/mol. The highest BCUT2D eigenvalue weighted by Gasteiger charge is 2.21. The highest BCUT2D eigenvalue weighted by molar-refractivity contribution is 5.55. The molecule has 5 heteroatoms. The zero-order valence-corrected chi connectivity index (χ0v) is 11.0. The summed E-state index contributed by atoms with van der Waals surface area (Å²) < 4.78 is 11.2.